The standard InChI is InChI=1S/C14H15NO2/c1-2-8-15-14(16)12-7-9-17-13-6-4-3-5-11(13)10-12/h3-7,9-10H,2,8H2,1H3,(H,15,16). The van der Waals surface area contributed by atoms with Crippen molar-refractivity contribution in [3.63, 3.8) is 0 Å². The van der Waals surface area contributed by atoms with E-state index in [-0.39, 0.29) is 5.91 Å². The minimum Gasteiger partial charge on any atom is -0.464 e. The number of para-hydroxylation sites is 1. The highest BCUT2D eigenvalue weighted by Crippen LogP contribution is 2.24. The predicted octanol–water partition coefficient (Wildman–Crippen LogP) is 2.50. The van der Waals surface area contributed by atoms with Crippen LogP contribution in [0.4, 0.5) is 0 Å². The molecule has 1 aromatic carbocycles. The molecule has 1 amide bonds. The molecule has 1 N–H and O–H groups in total. The Bertz CT molecular complexity index is 475. The molecule has 1 aromatic rings. The van der Waals surface area contributed by atoms with E-state index in [1.54, 1.807) is 12.3 Å². The van der Waals surface area contributed by atoms with Crippen molar-refractivity contribution in [1.82, 2.24) is 5.32 Å². The summed E-state index contributed by atoms with van der Waals surface area (Å²) in [5.41, 5.74) is 1.53. The van der Waals surface area contributed by atoms with E-state index >= 15 is 0 Å². The molecule has 88 valence electrons. The van der Waals surface area contributed by atoms with Crippen molar-refractivity contribution in [2.75, 3.05) is 6.54 Å². The lowest BCUT2D eigenvalue weighted by atomic mass is 10.1. The van der Waals surface area contributed by atoms with Gasteiger partial charge < -0.3 is 10.1 Å². The maximum Gasteiger partial charge on any atom is 0.251 e. The Balaban J connectivity index is 2.24. The Kier molecular flexibility index (Phi) is 3.60. The molecular weight excluding hydrogens is 214 g/mol. The molecule has 0 atom stereocenters. The average molecular weight is 229 g/mol. The van der Waals surface area contributed by atoms with Crippen LogP contribution in [0.2, 0.25) is 0 Å². The fourth-order valence-corrected chi connectivity index (χ4v) is 1.59. The number of carbonyl (C=O) groups is 1. The van der Waals surface area contributed by atoms with Gasteiger partial charge in [-0.15, -0.1) is 0 Å². The van der Waals surface area contributed by atoms with Gasteiger partial charge in [0.2, 0.25) is 0 Å². The number of fused-ring (bicyclic) bond motifs is 1. The molecule has 1 heterocycles. The van der Waals surface area contributed by atoms with Crippen LogP contribution in [0.15, 0.2) is 42.2 Å². The van der Waals surface area contributed by atoms with E-state index in [1.165, 1.54) is 0 Å². The van der Waals surface area contributed by atoms with Crippen LogP contribution in [-0.4, -0.2) is 12.5 Å². The summed E-state index contributed by atoms with van der Waals surface area (Å²) in [6, 6.07) is 7.63. The number of nitrogens with one attached hydrogen (secondary N) is 1. The minimum atomic E-state index is -0.0663. The molecule has 1 aliphatic rings. The first kappa shape index (κ1) is 11.5. The van der Waals surface area contributed by atoms with Crippen LogP contribution in [-0.2, 0) is 4.79 Å². The first-order valence-electron chi connectivity index (χ1n) is 5.73. The van der Waals surface area contributed by atoms with Gasteiger partial charge in [0.1, 0.15) is 5.75 Å². The lowest BCUT2D eigenvalue weighted by Gasteiger charge is -2.03. The first-order chi connectivity index (χ1) is 8.31. The molecule has 0 bridgehead atoms. The molecule has 0 radical (unpaired) electrons. The zero-order chi connectivity index (χ0) is 12.1. The van der Waals surface area contributed by atoms with Crippen LogP contribution in [0.5, 0.6) is 5.75 Å². The quantitative estimate of drug-likeness (QED) is 0.864. The molecule has 0 spiro atoms. The third-order valence-electron chi connectivity index (χ3n) is 2.47. The van der Waals surface area contributed by atoms with Gasteiger partial charge in [0, 0.05) is 17.7 Å². The number of hydrogen-bond acceptors (Lipinski definition) is 2. The zero-order valence-corrected chi connectivity index (χ0v) is 9.77. The Morgan fingerprint density at radius 3 is 3.00 bits per heavy atom. The second-order valence-corrected chi connectivity index (χ2v) is 3.81. The molecule has 0 saturated heterocycles. The molecule has 0 saturated carbocycles. The van der Waals surface area contributed by atoms with Crippen molar-refractivity contribution < 1.29 is 9.53 Å². The summed E-state index contributed by atoms with van der Waals surface area (Å²) in [5.74, 6) is 0.699. The Morgan fingerprint density at radius 2 is 2.18 bits per heavy atom. The van der Waals surface area contributed by atoms with Gasteiger partial charge in [-0.3, -0.25) is 4.79 Å². The Labute approximate surface area is 101 Å². The van der Waals surface area contributed by atoms with Crippen LogP contribution < -0.4 is 10.1 Å². The van der Waals surface area contributed by atoms with Crippen molar-refractivity contribution in [1.29, 1.82) is 0 Å². The second-order valence-electron chi connectivity index (χ2n) is 3.81. The molecule has 0 fully saturated rings. The molecule has 0 aromatic heterocycles. The van der Waals surface area contributed by atoms with Crippen molar-refractivity contribution in [3.05, 3.63) is 47.7 Å². The van der Waals surface area contributed by atoms with E-state index in [4.69, 9.17) is 4.74 Å². The van der Waals surface area contributed by atoms with Crippen LogP contribution in [0, 0.1) is 0 Å². The third kappa shape index (κ3) is 2.75. The molecule has 0 unspecified atom stereocenters. The fraction of sp³-hybridized carbons (Fsp3) is 0.214. The topological polar surface area (TPSA) is 38.3 Å². The van der Waals surface area contributed by atoms with Crippen LogP contribution in [0.25, 0.3) is 6.08 Å². The predicted molar refractivity (Wildman–Crippen MR) is 67.5 cm³/mol. The average Bonchev–Trinajstić information content (AvgIpc) is 2.58. The summed E-state index contributed by atoms with van der Waals surface area (Å²) in [4.78, 5) is 11.8. The monoisotopic (exact) mass is 229 g/mol. The molecule has 2 rings (SSSR count). The van der Waals surface area contributed by atoms with E-state index in [0.717, 1.165) is 17.7 Å². The van der Waals surface area contributed by atoms with E-state index in [1.807, 2.05) is 37.3 Å². The van der Waals surface area contributed by atoms with E-state index in [0.29, 0.717) is 12.1 Å². The van der Waals surface area contributed by atoms with Crippen LogP contribution >= 0.6 is 0 Å². The summed E-state index contributed by atoms with van der Waals surface area (Å²) in [6.07, 6.45) is 5.99. The number of carbonyl (C=O) groups excluding carboxylic acids is 1. The van der Waals surface area contributed by atoms with Gasteiger partial charge in [-0.05, 0) is 24.6 Å². The van der Waals surface area contributed by atoms with E-state index in [9.17, 15) is 4.79 Å². The van der Waals surface area contributed by atoms with Gasteiger partial charge in [0.25, 0.3) is 5.91 Å². The molecule has 0 aliphatic carbocycles. The first-order valence-corrected chi connectivity index (χ1v) is 5.73. The highest BCUT2D eigenvalue weighted by Gasteiger charge is 2.10. The van der Waals surface area contributed by atoms with Crippen molar-refractivity contribution >= 4 is 12.0 Å². The molecule has 1 aliphatic heterocycles. The number of amides is 1. The third-order valence-corrected chi connectivity index (χ3v) is 2.47. The number of rotatable bonds is 3. The molecule has 3 heteroatoms. The number of benzene rings is 1. The SMILES string of the molecule is CCCNC(=O)C1=Cc2ccccc2OC=C1. The normalized spacial score (nSPS) is 13.1. The summed E-state index contributed by atoms with van der Waals surface area (Å²) in [7, 11) is 0. The zero-order valence-electron chi connectivity index (χ0n) is 9.77. The minimum absolute atomic E-state index is 0.0663. The molecular formula is C14H15NO2. The number of hydrogen-bond donors (Lipinski definition) is 1. The summed E-state index contributed by atoms with van der Waals surface area (Å²) < 4.78 is 5.42. The largest absolute Gasteiger partial charge is 0.464 e. The van der Waals surface area contributed by atoms with Gasteiger partial charge >= 0.3 is 0 Å². The van der Waals surface area contributed by atoms with Gasteiger partial charge in [0.15, 0.2) is 0 Å². The summed E-state index contributed by atoms with van der Waals surface area (Å²) >= 11 is 0. The van der Waals surface area contributed by atoms with Gasteiger partial charge in [-0.25, -0.2) is 0 Å². The lowest BCUT2D eigenvalue weighted by Crippen LogP contribution is -2.24. The summed E-state index contributed by atoms with van der Waals surface area (Å²) in [5, 5.41) is 2.85. The molecule has 3 nitrogen and oxygen atoms in total. The lowest BCUT2D eigenvalue weighted by molar-refractivity contribution is -0.117. The van der Waals surface area contributed by atoms with Crippen LogP contribution in [0.1, 0.15) is 18.9 Å². The Hall–Kier alpha value is -2.03. The van der Waals surface area contributed by atoms with Gasteiger partial charge in [-0.1, -0.05) is 25.1 Å². The highest BCUT2D eigenvalue weighted by atomic mass is 16.5. The maximum atomic E-state index is 11.8. The van der Waals surface area contributed by atoms with Crippen molar-refractivity contribution in [2.45, 2.75) is 13.3 Å². The van der Waals surface area contributed by atoms with Gasteiger partial charge in [0.05, 0.1) is 6.26 Å². The maximum absolute atomic E-state index is 11.8. The van der Waals surface area contributed by atoms with E-state index in [2.05, 4.69) is 5.32 Å². The number of ether oxygens (including phenoxy) is 1. The van der Waals surface area contributed by atoms with Crippen molar-refractivity contribution in [2.24, 2.45) is 0 Å². The van der Waals surface area contributed by atoms with Crippen molar-refractivity contribution in [3.8, 4) is 5.75 Å². The Morgan fingerprint density at radius 1 is 1.35 bits per heavy atom. The smallest absolute Gasteiger partial charge is 0.251 e. The van der Waals surface area contributed by atoms with Crippen LogP contribution in [0.3, 0.4) is 0 Å². The highest BCUT2D eigenvalue weighted by molar-refractivity contribution is 6.01. The van der Waals surface area contributed by atoms with Gasteiger partial charge in [-0.2, -0.15) is 0 Å². The van der Waals surface area contributed by atoms with E-state index < -0.39 is 0 Å². The molecule has 17 heavy (non-hydrogen) atoms. The fourth-order valence-electron chi connectivity index (χ4n) is 1.59. The second kappa shape index (κ2) is 5.34. The summed E-state index contributed by atoms with van der Waals surface area (Å²) in [6.45, 7) is 2.71.